The fourth-order valence-corrected chi connectivity index (χ4v) is 4.79. The van der Waals surface area contributed by atoms with E-state index in [-0.39, 0.29) is 11.9 Å². The van der Waals surface area contributed by atoms with E-state index in [0.717, 1.165) is 22.6 Å². The van der Waals surface area contributed by atoms with Gasteiger partial charge in [0.2, 0.25) is 12.2 Å². The smallest absolute Gasteiger partial charge is 0.239 e. The van der Waals surface area contributed by atoms with Crippen molar-refractivity contribution in [2.24, 2.45) is 0 Å². The van der Waals surface area contributed by atoms with E-state index in [2.05, 4.69) is 0 Å². The van der Waals surface area contributed by atoms with Gasteiger partial charge in [0.05, 0.1) is 19.4 Å². The fourth-order valence-electron chi connectivity index (χ4n) is 4.79. The number of aliphatic hydroxyl groups excluding tert-OH is 4. The topological polar surface area (TPSA) is 145 Å². The van der Waals surface area contributed by atoms with E-state index in [1.165, 1.54) is 0 Å². The Kier molecular flexibility index (Phi) is 7.96. The van der Waals surface area contributed by atoms with Crippen LogP contribution in [0.5, 0.6) is 23.1 Å². The summed E-state index contributed by atoms with van der Waals surface area (Å²) < 4.78 is 30.4. The van der Waals surface area contributed by atoms with Gasteiger partial charge in [-0.1, -0.05) is 12.1 Å². The van der Waals surface area contributed by atoms with Crippen LogP contribution in [0.25, 0.3) is 11.3 Å². The van der Waals surface area contributed by atoms with Crippen LogP contribution in [0.3, 0.4) is 0 Å². The summed E-state index contributed by atoms with van der Waals surface area (Å²) in [6.07, 6.45) is -6.71. The first-order valence-electron chi connectivity index (χ1n) is 12.9. The number of aliphatic hydroxyl groups is 4. The van der Waals surface area contributed by atoms with Crippen LogP contribution < -0.4 is 18.9 Å². The Labute approximate surface area is 226 Å². The van der Waals surface area contributed by atoms with Gasteiger partial charge in [0.15, 0.2) is 11.5 Å². The van der Waals surface area contributed by atoms with E-state index in [4.69, 9.17) is 28.8 Å². The average Bonchev–Trinajstić information content (AvgIpc) is 3.31. The van der Waals surface area contributed by atoms with Crippen molar-refractivity contribution in [2.75, 3.05) is 26.9 Å². The summed E-state index contributed by atoms with van der Waals surface area (Å²) in [6.45, 7) is 4.35. The molecule has 5 rings (SSSR count). The van der Waals surface area contributed by atoms with Crippen molar-refractivity contribution in [3.8, 4) is 34.4 Å². The van der Waals surface area contributed by atoms with Crippen LogP contribution in [0, 0.1) is 0 Å². The molecule has 0 spiro atoms. The molecule has 2 aromatic carbocycles. The molecule has 4 N–H and O–H groups in total. The maximum atomic E-state index is 10.6. The van der Waals surface area contributed by atoms with E-state index >= 15 is 0 Å². The van der Waals surface area contributed by atoms with Gasteiger partial charge in [-0.3, -0.25) is 4.68 Å². The lowest BCUT2D eigenvalue weighted by Gasteiger charge is -2.39. The summed E-state index contributed by atoms with van der Waals surface area (Å²) in [6, 6.07) is 13.2. The summed E-state index contributed by atoms with van der Waals surface area (Å²) in [5, 5.41) is 45.5. The largest absolute Gasteiger partial charge is 0.497 e. The number of hydrogen-bond acceptors (Lipinski definition) is 10. The van der Waals surface area contributed by atoms with Crippen molar-refractivity contribution in [3.63, 3.8) is 0 Å². The zero-order chi connectivity index (χ0) is 27.7. The van der Waals surface area contributed by atoms with Gasteiger partial charge >= 0.3 is 0 Å². The van der Waals surface area contributed by atoms with Crippen LogP contribution in [0.15, 0.2) is 42.5 Å². The molecule has 39 heavy (non-hydrogen) atoms. The summed E-state index contributed by atoms with van der Waals surface area (Å²) in [5.74, 6) is 2.20. The molecule has 0 saturated carbocycles. The molecular weight excluding hydrogens is 508 g/mol. The minimum Gasteiger partial charge on any atom is -0.497 e. The molecule has 0 aliphatic carbocycles. The Hall–Kier alpha value is -3.35. The molecule has 0 amide bonds. The molecule has 1 saturated heterocycles. The molecule has 3 heterocycles. The van der Waals surface area contributed by atoms with Crippen LogP contribution in [-0.4, -0.2) is 87.8 Å². The molecule has 3 aromatic rings. The molecule has 0 unspecified atom stereocenters. The Balaban J connectivity index is 1.60. The van der Waals surface area contributed by atoms with E-state index in [1.54, 1.807) is 7.11 Å². The van der Waals surface area contributed by atoms with Crippen molar-refractivity contribution < 1.29 is 44.1 Å². The highest BCUT2D eigenvalue weighted by atomic mass is 16.7. The zero-order valence-electron chi connectivity index (χ0n) is 22.1. The lowest BCUT2D eigenvalue weighted by molar-refractivity contribution is -0.278. The molecule has 2 aliphatic rings. The van der Waals surface area contributed by atoms with Crippen LogP contribution >= 0.6 is 0 Å². The fraction of sp³-hybridized carbons (Fsp3) is 0.464. The first-order chi connectivity index (χ1) is 18.8. The Morgan fingerprint density at radius 3 is 2.36 bits per heavy atom. The third-order valence-corrected chi connectivity index (χ3v) is 6.89. The van der Waals surface area contributed by atoms with Crippen molar-refractivity contribution in [1.82, 2.24) is 9.78 Å². The Morgan fingerprint density at radius 2 is 1.69 bits per heavy atom. The normalized spacial score (nSPS) is 24.6. The number of ether oxygens (including phenoxy) is 5. The van der Waals surface area contributed by atoms with Gasteiger partial charge in [-0.15, -0.1) is 5.10 Å². The molecule has 5 atom stereocenters. The van der Waals surface area contributed by atoms with Crippen molar-refractivity contribution in [2.45, 2.75) is 57.0 Å². The number of hydrogen-bond donors (Lipinski definition) is 4. The lowest BCUT2D eigenvalue weighted by atomic mass is 9.99. The minimum atomic E-state index is -1.57. The third kappa shape index (κ3) is 5.41. The van der Waals surface area contributed by atoms with Crippen LogP contribution in [0.4, 0.5) is 0 Å². The van der Waals surface area contributed by atoms with Gasteiger partial charge in [0, 0.05) is 23.6 Å². The molecule has 2 aliphatic heterocycles. The number of aromatic nitrogens is 2. The maximum Gasteiger partial charge on any atom is 0.239 e. The van der Waals surface area contributed by atoms with Gasteiger partial charge in [0.25, 0.3) is 0 Å². The van der Waals surface area contributed by atoms with E-state index in [1.807, 2.05) is 61.0 Å². The summed E-state index contributed by atoms with van der Waals surface area (Å²) in [5.41, 5.74) is 3.27. The average molecular weight is 543 g/mol. The van der Waals surface area contributed by atoms with E-state index < -0.39 is 37.3 Å². The van der Waals surface area contributed by atoms with Crippen LogP contribution in [-0.2, 0) is 11.2 Å². The molecule has 11 nitrogen and oxygen atoms in total. The minimum absolute atomic E-state index is 0.0741. The molecule has 11 heteroatoms. The van der Waals surface area contributed by atoms with Gasteiger partial charge in [0.1, 0.15) is 43.4 Å². The second kappa shape index (κ2) is 11.4. The van der Waals surface area contributed by atoms with Gasteiger partial charge in [-0.05, 0) is 49.7 Å². The highest BCUT2D eigenvalue weighted by molar-refractivity contribution is 5.70. The highest BCUT2D eigenvalue weighted by Gasteiger charge is 2.45. The standard InChI is InChI=1S/C28H34N2O9/c1-15(2)30-23(17-6-9-20-21(13-17)37-11-10-36-20)19(12-16-4-7-18(35-3)8-5-16)27(29-30)39-28-26(34)25(33)24(32)22(14-31)38-28/h4-9,13,15,22,24-26,28,31-34H,10-12,14H2,1-3H3/t22-,24-,25+,26-,28+/m1/s1. The van der Waals surface area contributed by atoms with E-state index in [9.17, 15) is 20.4 Å². The first-order valence-corrected chi connectivity index (χ1v) is 12.9. The summed E-state index contributed by atoms with van der Waals surface area (Å²) in [7, 11) is 1.61. The predicted molar refractivity (Wildman–Crippen MR) is 139 cm³/mol. The molecule has 0 radical (unpaired) electrons. The van der Waals surface area contributed by atoms with Gasteiger partial charge in [-0.2, -0.15) is 0 Å². The number of methoxy groups -OCH3 is 1. The lowest BCUT2D eigenvalue weighted by Crippen LogP contribution is -2.60. The Bertz CT molecular complexity index is 1270. The number of rotatable bonds is 8. The second-order valence-electron chi connectivity index (χ2n) is 9.87. The van der Waals surface area contributed by atoms with Crippen molar-refractivity contribution in [1.29, 1.82) is 0 Å². The molecule has 1 fully saturated rings. The van der Waals surface area contributed by atoms with Crippen molar-refractivity contribution in [3.05, 3.63) is 53.6 Å². The molecular formula is C28H34N2O9. The number of nitrogens with zero attached hydrogens (tertiary/aromatic N) is 2. The van der Waals surface area contributed by atoms with Gasteiger partial charge < -0.3 is 44.1 Å². The van der Waals surface area contributed by atoms with Crippen molar-refractivity contribution >= 4 is 0 Å². The molecule has 0 bridgehead atoms. The maximum absolute atomic E-state index is 10.6. The summed E-state index contributed by atoms with van der Waals surface area (Å²) in [4.78, 5) is 0. The van der Waals surface area contributed by atoms with Gasteiger partial charge in [-0.25, -0.2) is 0 Å². The molecule has 210 valence electrons. The predicted octanol–water partition coefficient (Wildman–Crippen LogP) is 1.68. The molecule has 1 aromatic heterocycles. The quantitative estimate of drug-likeness (QED) is 0.332. The third-order valence-electron chi connectivity index (χ3n) is 6.89. The number of fused-ring (bicyclic) bond motifs is 1. The van der Waals surface area contributed by atoms with E-state index in [0.29, 0.717) is 36.7 Å². The van der Waals surface area contributed by atoms with Crippen LogP contribution in [0.2, 0.25) is 0 Å². The zero-order valence-corrected chi connectivity index (χ0v) is 22.1. The second-order valence-corrected chi connectivity index (χ2v) is 9.87. The van der Waals surface area contributed by atoms with Crippen LogP contribution in [0.1, 0.15) is 31.0 Å². The SMILES string of the molecule is COc1ccc(Cc2c(O[C@@H]3O[C@H](CO)[C@@H](O)[C@H](O)[C@H]3O)nn(C(C)C)c2-c2ccc3c(c2)OCCO3)cc1. The first kappa shape index (κ1) is 27.2. The summed E-state index contributed by atoms with van der Waals surface area (Å²) >= 11 is 0. The Morgan fingerprint density at radius 1 is 0.974 bits per heavy atom. The monoisotopic (exact) mass is 542 g/mol. The highest BCUT2D eigenvalue weighted by Crippen LogP contribution is 2.40. The number of benzene rings is 2.